The standard InChI is InChI=1S/C7H11NO2/c1-2-6(9)5-3-4-7(10)8-5/h5H,2-4H2,1H3,(H,8,10)/t5-/m0/s1. The highest BCUT2D eigenvalue weighted by molar-refractivity contribution is 5.91. The van der Waals surface area contributed by atoms with E-state index in [2.05, 4.69) is 5.32 Å². The Morgan fingerprint density at radius 1 is 1.80 bits per heavy atom. The largest absolute Gasteiger partial charge is 0.346 e. The van der Waals surface area contributed by atoms with E-state index in [9.17, 15) is 9.59 Å². The van der Waals surface area contributed by atoms with E-state index in [1.807, 2.05) is 6.92 Å². The highest BCUT2D eigenvalue weighted by Crippen LogP contribution is 2.08. The number of carbonyl (C=O) groups is 2. The van der Waals surface area contributed by atoms with Gasteiger partial charge in [0.25, 0.3) is 0 Å². The van der Waals surface area contributed by atoms with Crippen LogP contribution >= 0.6 is 0 Å². The van der Waals surface area contributed by atoms with Crippen molar-refractivity contribution >= 4 is 11.7 Å². The van der Waals surface area contributed by atoms with Crippen LogP contribution in [0.1, 0.15) is 26.2 Å². The molecule has 0 aliphatic carbocycles. The first-order valence-electron chi connectivity index (χ1n) is 3.56. The molecule has 1 amide bonds. The summed E-state index contributed by atoms with van der Waals surface area (Å²) in [5, 5.41) is 2.62. The zero-order chi connectivity index (χ0) is 7.56. The molecule has 0 unspecified atom stereocenters. The van der Waals surface area contributed by atoms with Gasteiger partial charge in [0.1, 0.15) is 0 Å². The molecule has 0 bridgehead atoms. The van der Waals surface area contributed by atoms with E-state index in [1.165, 1.54) is 0 Å². The summed E-state index contributed by atoms with van der Waals surface area (Å²) in [4.78, 5) is 21.6. The normalized spacial score (nSPS) is 24.5. The van der Waals surface area contributed by atoms with Crippen LogP contribution in [0.25, 0.3) is 0 Å². The monoisotopic (exact) mass is 141 g/mol. The molecule has 1 atom stereocenters. The molecule has 0 aromatic heterocycles. The van der Waals surface area contributed by atoms with Gasteiger partial charge in [0, 0.05) is 12.8 Å². The Bertz CT molecular complexity index is 165. The fourth-order valence-electron chi connectivity index (χ4n) is 1.10. The molecule has 1 aliphatic rings. The molecule has 10 heavy (non-hydrogen) atoms. The van der Waals surface area contributed by atoms with Crippen LogP contribution in [0.3, 0.4) is 0 Å². The second-order valence-corrected chi connectivity index (χ2v) is 2.48. The molecule has 1 N–H and O–H groups in total. The second kappa shape index (κ2) is 2.82. The van der Waals surface area contributed by atoms with Crippen molar-refractivity contribution in [2.45, 2.75) is 32.2 Å². The van der Waals surface area contributed by atoms with Crippen LogP contribution < -0.4 is 5.32 Å². The Morgan fingerprint density at radius 2 is 2.50 bits per heavy atom. The van der Waals surface area contributed by atoms with Crippen LogP contribution in [-0.2, 0) is 9.59 Å². The quantitative estimate of drug-likeness (QED) is 0.599. The van der Waals surface area contributed by atoms with E-state index in [4.69, 9.17) is 0 Å². The van der Waals surface area contributed by atoms with Gasteiger partial charge in [0.15, 0.2) is 5.78 Å². The highest BCUT2D eigenvalue weighted by Gasteiger charge is 2.25. The molecule has 0 radical (unpaired) electrons. The summed E-state index contributed by atoms with van der Waals surface area (Å²) >= 11 is 0. The maximum Gasteiger partial charge on any atom is 0.220 e. The van der Waals surface area contributed by atoms with Gasteiger partial charge >= 0.3 is 0 Å². The lowest BCUT2D eigenvalue weighted by atomic mass is 10.1. The third-order valence-electron chi connectivity index (χ3n) is 1.73. The Labute approximate surface area is 59.8 Å². The molecule has 3 nitrogen and oxygen atoms in total. The first kappa shape index (κ1) is 7.25. The first-order chi connectivity index (χ1) is 4.74. The molecule has 3 heteroatoms. The fourth-order valence-corrected chi connectivity index (χ4v) is 1.10. The van der Waals surface area contributed by atoms with Crippen LogP contribution in [0.5, 0.6) is 0 Å². The van der Waals surface area contributed by atoms with Crippen molar-refractivity contribution in [2.24, 2.45) is 0 Å². The molecule has 0 aromatic rings. The fraction of sp³-hybridized carbons (Fsp3) is 0.714. The van der Waals surface area contributed by atoms with E-state index in [-0.39, 0.29) is 17.7 Å². The maximum absolute atomic E-state index is 10.9. The predicted molar refractivity (Wildman–Crippen MR) is 36.5 cm³/mol. The lowest BCUT2D eigenvalue weighted by Gasteiger charge is -2.04. The lowest BCUT2D eigenvalue weighted by Crippen LogP contribution is -2.32. The minimum absolute atomic E-state index is 0.00630. The van der Waals surface area contributed by atoms with Crippen LogP contribution in [-0.4, -0.2) is 17.7 Å². The number of rotatable bonds is 2. The van der Waals surface area contributed by atoms with Gasteiger partial charge in [-0.05, 0) is 6.42 Å². The van der Waals surface area contributed by atoms with Crippen molar-refractivity contribution in [1.29, 1.82) is 0 Å². The molecule has 1 rings (SSSR count). The summed E-state index contributed by atoms with van der Waals surface area (Å²) in [7, 11) is 0. The maximum atomic E-state index is 10.9. The molecule has 1 aliphatic heterocycles. The topological polar surface area (TPSA) is 46.2 Å². The third kappa shape index (κ3) is 1.35. The third-order valence-corrected chi connectivity index (χ3v) is 1.73. The number of Topliss-reactive ketones (excluding diaryl/α,β-unsaturated/α-hetero) is 1. The Hall–Kier alpha value is -0.860. The molecular weight excluding hydrogens is 130 g/mol. The Morgan fingerprint density at radius 3 is 2.90 bits per heavy atom. The van der Waals surface area contributed by atoms with Gasteiger partial charge in [-0.25, -0.2) is 0 Å². The second-order valence-electron chi connectivity index (χ2n) is 2.48. The van der Waals surface area contributed by atoms with E-state index < -0.39 is 0 Å². The van der Waals surface area contributed by atoms with Gasteiger partial charge in [-0.3, -0.25) is 9.59 Å². The number of hydrogen-bond acceptors (Lipinski definition) is 2. The number of carbonyl (C=O) groups excluding carboxylic acids is 2. The van der Waals surface area contributed by atoms with Crippen molar-refractivity contribution in [3.8, 4) is 0 Å². The zero-order valence-corrected chi connectivity index (χ0v) is 6.02. The summed E-state index contributed by atoms with van der Waals surface area (Å²) in [6.45, 7) is 1.81. The van der Waals surface area contributed by atoms with Crippen molar-refractivity contribution in [3.63, 3.8) is 0 Å². The lowest BCUT2D eigenvalue weighted by molar-refractivity contribution is -0.124. The molecule has 0 aromatic carbocycles. The summed E-state index contributed by atoms with van der Waals surface area (Å²) < 4.78 is 0. The summed E-state index contributed by atoms with van der Waals surface area (Å²) in [5.74, 6) is 0.151. The minimum atomic E-state index is -0.183. The van der Waals surface area contributed by atoms with E-state index in [0.717, 1.165) is 0 Å². The van der Waals surface area contributed by atoms with E-state index in [0.29, 0.717) is 19.3 Å². The van der Waals surface area contributed by atoms with Gasteiger partial charge < -0.3 is 5.32 Å². The molecule has 1 fully saturated rings. The molecule has 1 saturated heterocycles. The minimum Gasteiger partial charge on any atom is -0.346 e. The van der Waals surface area contributed by atoms with Crippen molar-refractivity contribution in [2.75, 3.05) is 0 Å². The highest BCUT2D eigenvalue weighted by atomic mass is 16.2. The number of amides is 1. The van der Waals surface area contributed by atoms with Crippen molar-refractivity contribution < 1.29 is 9.59 Å². The van der Waals surface area contributed by atoms with Gasteiger partial charge in [0.05, 0.1) is 6.04 Å². The Kier molecular flexibility index (Phi) is 2.04. The number of hydrogen-bond donors (Lipinski definition) is 1. The van der Waals surface area contributed by atoms with E-state index >= 15 is 0 Å². The number of ketones is 1. The van der Waals surface area contributed by atoms with Crippen LogP contribution in [0.15, 0.2) is 0 Å². The summed E-state index contributed by atoms with van der Waals surface area (Å²) in [6.07, 6.45) is 1.72. The van der Waals surface area contributed by atoms with Gasteiger partial charge in [-0.2, -0.15) is 0 Å². The van der Waals surface area contributed by atoms with Crippen LogP contribution in [0.4, 0.5) is 0 Å². The van der Waals surface area contributed by atoms with Crippen molar-refractivity contribution in [1.82, 2.24) is 5.32 Å². The molecule has 1 heterocycles. The van der Waals surface area contributed by atoms with Gasteiger partial charge in [0.2, 0.25) is 5.91 Å². The van der Waals surface area contributed by atoms with Gasteiger partial charge in [-0.15, -0.1) is 0 Å². The van der Waals surface area contributed by atoms with Crippen LogP contribution in [0.2, 0.25) is 0 Å². The SMILES string of the molecule is CCC(=O)[C@@H]1CCC(=O)N1. The molecule has 56 valence electrons. The summed E-state index contributed by atoms with van der Waals surface area (Å²) in [6, 6.07) is -0.183. The molecular formula is C7H11NO2. The van der Waals surface area contributed by atoms with Crippen molar-refractivity contribution in [3.05, 3.63) is 0 Å². The average molecular weight is 141 g/mol. The molecule has 0 spiro atoms. The first-order valence-corrected chi connectivity index (χ1v) is 3.56. The Balaban J connectivity index is 2.44. The zero-order valence-electron chi connectivity index (χ0n) is 6.02. The smallest absolute Gasteiger partial charge is 0.220 e. The van der Waals surface area contributed by atoms with Gasteiger partial charge in [-0.1, -0.05) is 6.92 Å². The predicted octanol–water partition coefficient (Wildman–Crippen LogP) is 0.244. The van der Waals surface area contributed by atoms with Crippen LogP contribution in [0, 0.1) is 0 Å². The molecule has 0 saturated carbocycles. The van der Waals surface area contributed by atoms with E-state index in [1.54, 1.807) is 0 Å². The number of nitrogens with one attached hydrogen (secondary N) is 1. The average Bonchev–Trinajstić information content (AvgIpc) is 2.34. The summed E-state index contributed by atoms with van der Waals surface area (Å²) in [5.41, 5.74) is 0.